The van der Waals surface area contributed by atoms with E-state index in [9.17, 15) is 5.26 Å². The SMILES string of the molecule is Cc1cc(C)c(C#N)c(Nc2ccccc2I)n1. The molecule has 18 heavy (non-hydrogen) atoms. The van der Waals surface area contributed by atoms with Crippen LogP contribution in [0, 0.1) is 28.7 Å². The molecule has 0 radical (unpaired) electrons. The fourth-order valence-electron chi connectivity index (χ4n) is 1.76. The van der Waals surface area contributed by atoms with E-state index in [0.717, 1.165) is 20.5 Å². The number of para-hydroxylation sites is 1. The smallest absolute Gasteiger partial charge is 0.148 e. The number of nitrogens with zero attached hydrogens (tertiary/aromatic N) is 2. The molecule has 0 bridgehead atoms. The number of pyridine rings is 1. The van der Waals surface area contributed by atoms with E-state index in [1.807, 2.05) is 44.2 Å². The van der Waals surface area contributed by atoms with E-state index in [2.05, 4.69) is 39.0 Å². The topological polar surface area (TPSA) is 48.7 Å². The Morgan fingerprint density at radius 1 is 1.28 bits per heavy atom. The van der Waals surface area contributed by atoms with Gasteiger partial charge in [-0.2, -0.15) is 5.26 Å². The van der Waals surface area contributed by atoms with Crippen LogP contribution in [-0.2, 0) is 0 Å². The van der Waals surface area contributed by atoms with Gasteiger partial charge in [0.2, 0.25) is 0 Å². The Hall–Kier alpha value is -1.61. The maximum Gasteiger partial charge on any atom is 0.148 e. The summed E-state index contributed by atoms with van der Waals surface area (Å²) in [6.07, 6.45) is 0. The summed E-state index contributed by atoms with van der Waals surface area (Å²) < 4.78 is 1.10. The maximum absolute atomic E-state index is 9.21. The summed E-state index contributed by atoms with van der Waals surface area (Å²) in [6, 6.07) is 12.0. The van der Waals surface area contributed by atoms with Crippen molar-refractivity contribution in [1.29, 1.82) is 5.26 Å². The van der Waals surface area contributed by atoms with Gasteiger partial charge in [0.05, 0.1) is 11.3 Å². The largest absolute Gasteiger partial charge is 0.338 e. The molecule has 0 unspecified atom stereocenters. The Labute approximate surface area is 120 Å². The maximum atomic E-state index is 9.21. The van der Waals surface area contributed by atoms with Crippen LogP contribution in [0.15, 0.2) is 30.3 Å². The van der Waals surface area contributed by atoms with Crippen LogP contribution < -0.4 is 5.32 Å². The Morgan fingerprint density at radius 2 is 2.00 bits per heavy atom. The average Bonchev–Trinajstić information content (AvgIpc) is 2.31. The molecule has 0 spiro atoms. The third-order valence-electron chi connectivity index (χ3n) is 2.58. The summed E-state index contributed by atoms with van der Waals surface area (Å²) in [5.74, 6) is 0.624. The number of aryl methyl sites for hydroxylation is 2. The molecular weight excluding hydrogens is 337 g/mol. The third-order valence-corrected chi connectivity index (χ3v) is 3.52. The molecule has 1 heterocycles. The summed E-state index contributed by atoms with van der Waals surface area (Å²) in [5, 5.41) is 12.4. The minimum absolute atomic E-state index is 0.597. The molecule has 0 saturated heterocycles. The zero-order valence-electron chi connectivity index (χ0n) is 10.2. The van der Waals surface area contributed by atoms with Gasteiger partial charge in [0.1, 0.15) is 11.9 Å². The van der Waals surface area contributed by atoms with E-state index in [0.29, 0.717) is 11.4 Å². The minimum atomic E-state index is 0.597. The van der Waals surface area contributed by atoms with E-state index in [-0.39, 0.29) is 0 Å². The Bertz CT molecular complexity index is 629. The fourth-order valence-corrected chi connectivity index (χ4v) is 2.28. The van der Waals surface area contributed by atoms with Gasteiger partial charge in [-0.1, -0.05) is 12.1 Å². The van der Waals surface area contributed by atoms with Crippen LogP contribution in [0.5, 0.6) is 0 Å². The van der Waals surface area contributed by atoms with Gasteiger partial charge in [-0.15, -0.1) is 0 Å². The highest BCUT2D eigenvalue weighted by Crippen LogP contribution is 2.25. The quantitative estimate of drug-likeness (QED) is 0.836. The van der Waals surface area contributed by atoms with Crippen LogP contribution in [0.25, 0.3) is 0 Å². The van der Waals surface area contributed by atoms with E-state index in [4.69, 9.17) is 0 Å². The molecule has 1 aromatic carbocycles. The molecule has 0 aliphatic carbocycles. The predicted molar refractivity (Wildman–Crippen MR) is 80.9 cm³/mol. The molecule has 0 aliphatic heterocycles. The van der Waals surface area contributed by atoms with Gasteiger partial charge >= 0.3 is 0 Å². The normalized spacial score (nSPS) is 9.89. The molecule has 0 aliphatic rings. The number of halogens is 1. The molecule has 0 fully saturated rings. The lowest BCUT2D eigenvalue weighted by molar-refractivity contribution is 1.16. The van der Waals surface area contributed by atoms with E-state index < -0.39 is 0 Å². The molecule has 3 nitrogen and oxygen atoms in total. The van der Waals surface area contributed by atoms with Crippen LogP contribution in [-0.4, -0.2) is 4.98 Å². The van der Waals surface area contributed by atoms with Crippen molar-refractivity contribution in [3.05, 3.63) is 50.7 Å². The Balaban J connectivity index is 2.47. The average molecular weight is 349 g/mol. The van der Waals surface area contributed by atoms with Crippen molar-refractivity contribution in [2.45, 2.75) is 13.8 Å². The Morgan fingerprint density at radius 3 is 2.67 bits per heavy atom. The molecule has 1 N–H and O–H groups in total. The second-order valence-corrected chi connectivity index (χ2v) is 5.18. The number of benzene rings is 1. The predicted octanol–water partition coefficient (Wildman–Crippen LogP) is 3.92. The van der Waals surface area contributed by atoms with Gasteiger partial charge in [0.15, 0.2) is 0 Å². The van der Waals surface area contributed by atoms with Gasteiger partial charge in [-0.3, -0.25) is 0 Å². The minimum Gasteiger partial charge on any atom is -0.338 e. The first-order valence-corrected chi connectivity index (χ1v) is 6.59. The first kappa shape index (κ1) is 12.8. The van der Waals surface area contributed by atoms with Crippen molar-refractivity contribution in [3.8, 4) is 6.07 Å². The van der Waals surface area contributed by atoms with Gasteiger partial charge < -0.3 is 5.32 Å². The number of aromatic nitrogens is 1. The molecule has 90 valence electrons. The van der Waals surface area contributed by atoms with Gasteiger partial charge in [0, 0.05) is 9.26 Å². The molecule has 0 amide bonds. The molecule has 4 heteroatoms. The molecular formula is C14H12IN3. The zero-order valence-corrected chi connectivity index (χ0v) is 12.3. The number of nitrogens with one attached hydrogen (secondary N) is 1. The summed E-state index contributed by atoms with van der Waals surface area (Å²) in [7, 11) is 0. The first-order valence-electron chi connectivity index (χ1n) is 5.51. The number of hydrogen-bond acceptors (Lipinski definition) is 3. The lowest BCUT2D eigenvalue weighted by atomic mass is 10.1. The van der Waals surface area contributed by atoms with E-state index in [1.165, 1.54) is 0 Å². The molecule has 2 rings (SSSR count). The fraction of sp³-hybridized carbons (Fsp3) is 0.143. The number of nitriles is 1. The summed E-state index contributed by atoms with van der Waals surface area (Å²) >= 11 is 2.26. The van der Waals surface area contributed by atoms with Crippen molar-refractivity contribution >= 4 is 34.1 Å². The van der Waals surface area contributed by atoms with Gasteiger partial charge in [0.25, 0.3) is 0 Å². The van der Waals surface area contributed by atoms with Gasteiger partial charge in [-0.25, -0.2) is 4.98 Å². The van der Waals surface area contributed by atoms with E-state index >= 15 is 0 Å². The summed E-state index contributed by atoms with van der Waals surface area (Å²) in [5.41, 5.74) is 3.41. The van der Waals surface area contributed by atoms with E-state index in [1.54, 1.807) is 0 Å². The zero-order chi connectivity index (χ0) is 13.1. The number of rotatable bonds is 2. The van der Waals surface area contributed by atoms with Crippen LogP contribution in [0.3, 0.4) is 0 Å². The van der Waals surface area contributed by atoms with Crippen LogP contribution >= 0.6 is 22.6 Å². The molecule has 0 saturated carbocycles. The highest BCUT2D eigenvalue weighted by atomic mass is 127. The van der Waals surface area contributed by atoms with Crippen LogP contribution in [0.2, 0.25) is 0 Å². The highest BCUT2D eigenvalue weighted by molar-refractivity contribution is 14.1. The lowest BCUT2D eigenvalue weighted by Gasteiger charge is -2.11. The second-order valence-electron chi connectivity index (χ2n) is 4.02. The third kappa shape index (κ3) is 2.62. The lowest BCUT2D eigenvalue weighted by Crippen LogP contribution is -2.01. The monoisotopic (exact) mass is 349 g/mol. The summed E-state index contributed by atoms with van der Waals surface area (Å²) in [6.45, 7) is 3.85. The standard InChI is InChI=1S/C14H12IN3/c1-9-7-10(2)17-14(11(9)8-16)18-13-6-4-3-5-12(13)15/h3-7H,1-2H3,(H,17,18). The van der Waals surface area contributed by atoms with Gasteiger partial charge in [-0.05, 0) is 60.2 Å². The molecule has 0 atom stereocenters. The van der Waals surface area contributed by atoms with Crippen molar-refractivity contribution in [2.75, 3.05) is 5.32 Å². The summed E-state index contributed by atoms with van der Waals surface area (Å²) in [4.78, 5) is 4.40. The number of hydrogen-bond donors (Lipinski definition) is 1. The van der Waals surface area contributed by atoms with Crippen LogP contribution in [0.4, 0.5) is 11.5 Å². The Kier molecular flexibility index (Phi) is 3.82. The van der Waals surface area contributed by atoms with Crippen molar-refractivity contribution < 1.29 is 0 Å². The highest BCUT2D eigenvalue weighted by Gasteiger charge is 2.09. The van der Waals surface area contributed by atoms with Crippen LogP contribution in [0.1, 0.15) is 16.8 Å². The van der Waals surface area contributed by atoms with Crippen molar-refractivity contribution in [2.24, 2.45) is 0 Å². The first-order chi connectivity index (χ1) is 8.61. The molecule has 2 aromatic rings. The van der Waals surface area contributed by atoms with Crippen molar-refractivity contribution in [3.63, 3.8) is 0 Å². The molecule has 1 aromatic heterocycles. The van der Waals surface area contributed by atoms with Crippen molar-refractivity contribution in [1.82, 2.24) is 4.98 Å². The number of anilines is 2. The second kappa shape index (κ2) is 5.36.